The molecule has 1 aliphatic heterocycles. The zero-order valence-electron chi connectivity index (χ0n) is 8.75. The highest BCUT2D eigenvalue weighted by Gasteiger charge is 2.09. The second kappa shape index (κ2) is 5.68. The van der Waals surface area contributed by atoms with Crippen molar-refractivity contribution in [3.8, 4) is 0 Å². The van der Waals surface area contributed by atoms with Gasteiger partial charge < -0.3 is 9.15 Å². The third kappa shape index (κ3) is 3.63. The first-order valence-electron chi connectivity index (χ1n) is 5.37. The van der Waals surface area contributed by atoms with E-state index in [4.69, 9.17) is 9.15 Å². The topological polar surface area (TPSA) is 25.6 Å². The predicted molar refractivity (Wildman–Crippen MR) is 62.0 cm³/mol. The Hall–Kier alpha value is -0.320. The van der Waals surface area contributed by atoms with Crippen molar-refractivity contribution in [1.82, 2.24) is 4.90 Å². The van der Waals surface area contributed by atoms with Gasteiger partial charge in [-0.05, 0) is 35.0 Å². The second-order valence-electron chi connectivity index (χ2n) is 3.79. The number of morpholine rings is 1. The second-order valence-corrected chi connectivity index (χ2v) is 4.70. The van der Waals surface area contributed by atoms with Crippen LogP contribution in [0.2, 0.25) is 0 Å². The summed E-state index contributed by atoms with van der Waals surface area (Å²) in [6.45, 7) is 5.05. The van der Waals surface area contributed by atoms with Gasteiger partial charge in [0.2, 0.25) is 0 Å². The molecule has 0 radical (unpaired) electrons. The number of halogens is 1. The van der Waals surface area contributed by atoms with Crippen molar-refractivity contribution >= 4 is 15.9 Å². The van der Waals surface area contributed by atoms with Crippen LogP contribution in [0.1, 0.15) is 12.2 Å². The van der Waals surface area contributed by atoms with Crippen molar-refractivity contribution in [2.45, 2.75) is 12.8 Å². The Morgan fingerprint density at radius 3 is 2.80 bits per heavy atom. The first-order chi connectivity index (χ1) is 7.34. The van der Waals surface area contributed by atoms with Gasteiger partial charge in [-0.2, -0.15) is 0 Å². The number of aryl methyl sites for hydroxylation is 1. The van der Waals surface area contributed by atoms with Gasteiger partial charge in [0.05, 0.1) is 17.7 Å². The van der Waals surface area contributed by atoms with E-state index in [9.17, 15) is 0 Å². The fourth-order valence-electron chi connectivity index (χ4n) is 1.79. The van der Waals surface area contributed by atoms with E-state index in [0.717, 1.165) is 55.9 Å². The average Bonchev–Trinajstić information content (AvgIpc) is 2.66. The fourth-order valence-corrected chi connectivity index (χ4v) is 2.14. The Bertz CT molecular complexity index is 295. The number of hydrogen-bond donors (Lipinski definition) is 0. The van der Waals surface area contributed by atoms with Crippen LogP contribution >= 0.6 is 15.9 Å². The third-order valence-electron chi connectivity index (χ3n) is 2.62. The van der Waals surface area contributed by atoms with Crippen molar-refractivity contribution in [3.63, 3.8) is 0 Å². The molecule has 2 heterocycles. The fraction of sp³-hybridized carbons (Fsp3) is 0.636. The van der Waals surface area contributed by atoms with E-state index in [-0.39, 0.29) is 0 Å². The van der Waals surface area contributed by atoms with Crippen LogP contribution in [0.5, 0.6) is 0 Å². The Kier molecular flexibility index (Phi) is 4.23. The van der Waals surface area contributed by atoms with Crippen LogP contribution in [-0.4, -0.2) is 37.7 Å². The van der Waals surface area contributed by atoms with Gasteiger partial charge in [-0.25, -0.2) is 0 Å². The van der Waals surface area contributed by atoms with Crippen LogP contribution in [0, 0.1) is 0 Å². The summed E-state index contributed by atoms with van der Waals surface area (Å²) in [4.78, 5) is 2.45. The minimum atomic E-state index is 0.881. The predicted octanol–water partition coefficient (Wildman–Crippen LogP) is 2.31. The van der Waals surface area contributed by atoms with E-state index in [0.29, 0.717) is 0 Å². The van der Waals surface area contributed by atoms with Crippen molar-refractivity contribution in [2.75, 3.05) is 32.8 Å². The molecular weight excluding hydrogens is 258 g/mol. The molecule has 1 aromatic rings. The molecule has 0 atom stereocenters. The molecule has 0 bridgehead atoms. The van der Waals surface area contributed by atoms with Gasteiger partial charge in [0.1, 0.15) is 12.0 Å². The highest BCUT2D eigenvalue weighted by Crippen LogP contribution is 2.15. The molecule has 0 unspecified atom stereocenters. The van der Waals surface area contributed by atoms with Gasteiger partial charge in [-0.1, -0.05) is 0 Å². The van der Waals surface area contributed by atoms with Crippen LogP contribution in [0.25, 0.3) is 0 Å². The summed E-state index contributed by atoms with van der Waals surface area (Å²) in [5.41, 5.74) is 0. The largest absolute Gasteiger partial charge is 0.468 e. The maximum absolute atomic E-state index is 5.36. The van der Waals surface area contributed by atoms with E-state index in [2.05, 4.69) is 20.8 Å². The molecule has 84 valence electrons. The zero-order valence-corrected chi connectivity index (χ0v) is 10.3. The minimum Gasteiger partial charge on any atom is -0.468 e. The summed E-state index contributed by atoms with van der Waals surface area (Å²) < 4.78 is 11.7. The summed E-state index contributed by atoms with van der Waals surface area (Å²) in [5.74, 6) is 1.06. The van der Waals surface area contributed by atoms with Crippen molar-refractivity contribution < 1.29 is 9.15 Å². The molecule has 0 saturated carbocycles. The van der Waals surface area contributed by atoms with Gasteiger partial charge in [0, 0.05) is 19.5 Å². The zero-order chi connectivity index (χ0) is 10.5. The SMILES string of the molecule is Brc1coc(CCCN2CCOCC2)c1. The van der Waals surface area contributed by atoms with Gasteiger partial charge >= 0.3 is 0 Å². The lowest BCUT2D eigenvalue weighted by molar-refractivity contribution is 0.0373. The number of hydrogen-bond acceptors (Lipinski definition) is 3. The lowest BCUT2D eigenvalue weighted by Crippen LogP contribution is -2.36. The van der Waals surface area contributed by atoms with Gasteiger partial charge in [0.25, 0.3) is 0 Å². The van der Waals surface area contributed by atoms with Crippen LogP contribution < -0.4 is 0 Å². The van der Waals surface area contributed by atoms with Gasteiger partial charge in [0.15, 0.2) is 0 Å². The van der Waals surface area contributed by atoms with Crippen molar-refractivity contribution in [2.24, 2.45) is 0 Å². The summed E-state index contributed by atoms with van der Waals surface area (Å²) in [5, 5.41) is 0. The molecular formula is C11H16BrNO2. The third-order valence-corrected chi connectivity index (χ3v) is 3.04. The molecule has 15 heavy (non-hydrogen) atoms. The lowest BCUT2D eigenvalue weighted by atomic mass is 10.2. The lowest BCUT2D eigenvalue weighted by Gasteiger charge is -2.26. The van der Waals surface area contributed by atoms with Crippen LogP contribution in [0.15, 0.2) is 21.2 Å². The molecule has 0 aromatic carbocycles. The molecule has 0 spiro atoms. The molecule has 1 aromatic heterocycles. The Labute approximate surface area is 98.5 Å². The quantitative estimate of drug-likeness (QED) is 0.842. The molecule has 4 heteroatoms. The highest BCUT2D eigenvalue weighted by molar-refractivity contribution is 9.10. The molecule has 0 aliphatic carbocycles. The number of ether oxygens (including phenoxy) is 1. The number of rotatable bonds is 4. The molecule has 3 nitrogen and oxygen atoms in total. The monoisotopic (exact) mass is 273 g/mol. The maximum atomic E-state index is 5.36. The molecule has 1 fully saturated rings. The molecule has 0 amide bonds. The van der Waals surface area contributed by atoms with E-state index in [1.54, 1.807) is 6.26 Å². The van der Waals surface area contributed by atoms with Crippen LogP contribution in [-0.2, 0) is 11.2 Å². The first-order valence-corrected chi connectivity index (χ1v) is 6.17. The Morgan fingerprint density at radius 2 is 2.13 bits per heavy atom. The normalized spacial score (nSPS) is 18.2. The van der Waals surface area contributed by atoms with Crippen molar-refractivity contribution in [1.29, 1.82) is 0 Å². The molecule has 0 N–H and O–H groups in total. The highest BCUT2D eigenvalue weighted by atomic mass is 79.9. The van der Waals surface area contributed by atoms with Gasteiger partial charge in [-0.15, -0.1) is 0 Å². The average molecular weight is 274 g/mol. The summed E-state index contributed by atoms with van der Waals surface area (Å²) in [7, 11) is 0. The number of nitrogens with zero attached hydrogens (tertiary/aromatic N) is 1. The smallest absolute Gasteiger partial charge is 0.105 e. The first kappa shape index (κ1) is 11.2. The Morgan fingerprint density at radius 1 is 1.33 bits per heavy atom. The van der Waals surface area contributed by atoms with E-state index in [1.165, 1.54) is 0 Å². The van der Waals surface area contributed by atoms with Crippen LogP contribution in [0.4, 0.5) is 0 Å². The molecule has 2 rings (SSSR count). The van der Waals surface area contributed by atoms with E-state index >= 15 is 0 Å². The Balaban J connectivity index is 1.65. The summed E-state index contributed by atoms with van der Waals surface area (Å²) in [6, 6.07) is 2.04. The molecule has 1 aliphatic rings. The molecule has 1 saturated heterocycles. The summed E-state index contributed by atoms with van der Waals surface area (Å²) >= 11 is 3.38. The maximum Gasteiger partial charge on any atom is 0.105 e. The number of furan rings is 1. The van der Waals surface area contributed by atoms with Crippen molar-refractivity contribution in [3.05, 3.63) is 22.6 Å². The van der Waals surface area contributed by atoms with E-state index < -0.39 is 0 Å². The summed E-state index contributed by atoms with van der Waals surface area (Å²) in [6.07, 6.45) is 3.91. The van der Waals surface area contributed by atoms with E-state index in [1.807, 2.05) is 6.07 Å². The van der Waals surface area contributed by atoms with Gasteiger partial charge in [-0.3, -0.25) is 4.90 Å². The van der Waals surface area contributed by atoms with Crippen LogP contribution in [0.3, 0.4) is 0 Å². The minimum absolute atomic E-state index is 0.881. The standard InChI is InChI=1S/C11H16BrNO2/c12-10-8-11(15-9-10)2-1-3-13-4-6-14-7-5-13/h8-9H,1-7H2.